The molecule has 0 spiro atoms. The van der Waals surface area contributed by atoms with Crippen LogP contribution in [-0.2, 0) is 4.79 Å². The first-order valence-electron chi connectivity index (χ1n) is 4.74. The summed E-state index contributed by atoms with van der Waals surface area (Å²) >= 11 is 0. The van der Waals surface area contributed by atoms with Gasteiger partial charge in [0.25, 0.3) is 5.91 Å². The predicted octanol–water partition coefficient (Wildman–Crippen LogP) is 1.84. The van der Waals surface area contributed by atoms with Crippen molar-refractivity contribution < 1.29 is 22.4 Å². The maximum Gasteiger partial charge on any atom is 0.383 e. The highest BCUT2D eigenvalue weighted by atomic mass is 19.3. The largest absolute Gasteiger partial charge is 0.383 e. The lowest BCUT2D eigenvalue weighted by atomic mass is 9.99. The first kappa shape index (κ1) is 12.7. The number of alkyl halides is 4. The molecule has 1 N–H and O–H groups in total. The Hall–Kier alpha value is -1.32. The number of hydrogen-bond acceptors (Lipinski definition) is 2. The van der Waals surface area contributed by atoms with E-state index >= 15 is 0 Å². The highest BCUT2D eigenvalue weighted by Gasteiger charge is 2.51. The highest BCUT2D eigenvalue weighted by molar-refractivity contribution is 5.85. The van der Waals surface area contributed by atoms with Crippen LogP contribution in [0.5, 0.6) is 0 Å². The van der Waals surface area contributed by atoms with E-state index in [0.29, 0.717) is 12.8 Å². The molecule has 1 fully saturated rings. The van der Waals surface area contributed by atoms with E-state index in [1.807, 2.05) is 0 Å². The van der Waals surface area contributed by atoms with Crippen molar-refractivity contribution in [2.45, 2.75) is 43.6 Å². The van der Waals surface area contributed by atoms with Crippen molar-refractivity contribution >= 4 is 5.91 Å². The van der Waals surface area contributed by atoms with Gasteiger partial charge in [-0.25, -0.2) is 8.78 Å². The van der Waals surface area contributed by atoms with E-state index in [0.717, 1.165) is 0 Å². The molecule has 0 aromatic heterocycles. The number of hydrogen-bond donors (Lipinski definition) is 1. The molecule has 1 aliphatic carbocycles. The van der Waals surface area contributed by atoms with Crippen molar-refractivity contribution in [3.63, 3.8) is 0 Å². The van der Waals surface area contributed by atoms with Gasteiger partial charge in [-0.1, -0.05) is 0 Å². The van der Waals surface area contributed by atoms with E-state index in [1.165, 1.54) is 0 Å². The van der Waals surface area contributed by atoms with Crippen molar-refractivity contribution in [2.24, 2.45) is 0 Å². The number of nitriles is 1. The van der Waals surface area contributed by atoms with E-state index in [4.69, 9.17) is 5.26 Å². The molecular weight excluding hydrogens is 228 g/mol. The van der Waals surface area contributed by atoms with Gasteiger partial charge in [0.1, 0.15) is 5.54 Å². The number of rotatable bonds is 3. The van der Waals surface area contributed by atoms with Crippen LogP contribution < -0.4 is 5.32 Å². The molecule has 0 bridgehead atoms. The molecule has 1 saturated carbocycles. The zero-order valence-corrected chi connectivity index (χ0v) is 8.27. The number of carbonyl (C=O) groups is 1. The average Bonchev–Trinajstić information content (AvgIpc) is 2.66. The summed E-state index contributed by atoms with van der Waals surface area (Å²) in [5.74, 6) is -6.82. The second kappa shape index (κ2) is 4.28. The number of halogens is 4. The summed E-state index contributed by atoms with van der Waals surface area (Å²) < 4.78 is 49.0. The Labute approximate surface area is 89.4 Å². The molecule has 0 aromatic rings. The van der Waals surface area contributed by atoms with Crippen molar-refractivity contribution in [1.29, 1.82) is 5.26 Å². The first-order valence-corrected chi connectivity index (χ1v) is 4.74. The van der Waals surface area contributed by atoms with Crippen LogP contribution in [0.1, 0.15) is 25.7 Å². The molecule has 0 radical (unpaired) electrons. The second-order valence-corrected chi connectivity index (χ2v) is 3.78. The first-order chi connectivity index (χ1) is 7.34. The molecule has 0 saturated heterocycles. The molecule has 0 atom stereocenters. The van der Waals surface area contributed by atoms with Crippen molar-refractivity contribution in [3.05, 3.63) is 0 Å². The van der Waals surface area contributed by atoms with Crippen molar-refractivity contribution in [3.8, 4) is 6.07 Å². The summed E-state index contributed by atoms with van der Waals surface area (Å²) in [5.41, 5.74) is -1.41. The molecule has 90 valence electrons. The number of amides is 1. The summed E-state index contributed by atoms with van der Waals surface area (Å²) in [6.07, 6.45) is -2.42. The Bertz CT molecular complexity index is 318. The van der Waals surface area contributed by atoms with E-state index < -0.39 is 23.8 Å². The monoisotopic (exact) mass is 238 g/mol. The molecule has 3 nitrogen and oxygen atoms in total. The third-order valence-corrected chi connectivity index (χ3v) is 2.60. The van der Waals surface area contributed by atoms with E-state index in [9.17, 15) is 22.4 Å². The molecule has 0 aromatic carbocycles. The maximum atomic E-state index is 12.6. The van der Waals surface area contributed by atoms with Crippen LogP contribution in [0.25, 0.3) is 0 Å². The number of carbonyl (C=O) groups excluding carboxylic acids is 1. The van der Waals surface area contributed by atoms with Crippen molar-refractivity contribution in [2.75, 3.05) is 0 Å². The van der Waals surface area contributed by atoms with Crippen LogP contribution in [0.4, 0.5) is 17.6 Å². The minimum atomic E-state index is -4.74. The standard InChI is InChI=1S/C9H10F4N2O/c10-6(11)9(12,13)7(16)15-8(5-14)3-1-2-4-8/h6H,1-4H2,(H,15,16). The van der Waals surface area contributed by atoms with Crippen LogP contribution in [0.3, 0.4) is 0 Å². The predicted molar refractivity (Wildman–Crippen MR) is 45.9 cm³/mol. The zero-order chi connectivity index (χ0) is 12.4. The van der Waals surface area contributed by atoms with Gasteiger partial charge in [0.2, 0.25) is 0 Å². The van der Waals surface area contributed by atoms with Gasteiger partial charge in [-0.05, 0) is 25.7 Å². The molecular formula is C9H10F4N2O. The smallest absolute Gasteiger partial charge is 0.332 e. The summed E-state index contributed by atoms with van der Waals surface area (Å²) in [5, 5.41) is 10.5. The third-order valence-electron chi connectivity index (χ3n) is 2.60. The second-order valence-electron chi connectivity index (χ2n) is 3.78. The Kier molecular flexibility index (Phi) is 3.41. The van der Waals surface area contributed by atoms with Gasteiger partial charge in [0.05, 0.1) is 6.07 Å². The molecule has 1 amide bonds. The lowest BCUT2D eigenvalue weighted by molar-refractivity contribution is -0.170. The average molecular weight is 238 g/mol. The Morgan fingerprint density at radius 1 is 1.38 bits per heavy atom. The fraction of sp³-hybridized carbons (Fsp3) is 0.778. The lowest BCUT2D eigenvalue weighted by Crippen LogP contribution is -2.54. The molecule has 0 unspecified atom stereocenters. The van der Waals surface area contributed by atoms with Crippen LogP contribution in [-0.4, -0.2) is 23.8 Å². The van der Waals surface area contributed by atoms with E-state index in [1.54, 1.807) is 11.4 Å². The van der Waals surface area contributed by atoms with Gasteiger partial charge >= 0.3 is 12.3 Å². The van der Waals surface area contributed by atoms with Gasteiger partial charge < -0.3 is 5.32 Å². The third kappa shape index (κ3) is 2.26. The minimum Gasteiger partial charge on any atom is -0.332 e. The quantitative estimate of drug-likeness (QED) is 0.763. The SMILES string of the molecule is N#CC1(NC(=O)C(F)(F)C(F)F)CCCC1. The van der Waals surface area contributed by atoms with Crippen LogP contribution >= 0.6 is 0 Å². The molecule has 1 aliphatic rings. The molecule has 16 heavy (non-hydrogen) atoms. The Balaban J connectivity index is 2.74. The summed E-state index contributed by atoms with van der Waals surface area (Å²) in [6, 6.07) is 1.71. The van der Waals surface area contributed by atoms with Crippen LogP contribution in [0.2, 0.25) is 0 Å². The molecule has 1 rings (SSSR count). The molecule has 0 heterocycles. The minimum absolute atomic E-state index is 0.217. The summed E-state index contributed by atoms with van der Waals surface area (Å²) in [7, 11) is 0. The number of nitrogens with one attached hydrogen (secondary N) is 1. The normalized spacial score (nSPS) is 19.5. The highest BCUT2D eigenvalue weighted by Crippen LogP contribution is 2.31. The topological polar surface area (TPSA) is 52.9 Å². The maximum absolute atomic E-state index is 12.6. The lowest BCUT2D eigenvalue weighted by Gasteiger charge is -2.24. The van der Waals surface area contributed by atoms with Gasteiger partial charge in [-0.15, -0.1) is 0 Å². The van der Waals surface area contributed by atoms with Crippen LogP contribution in [0.15, 0.2) is 0 Å². The van der Waals surface area contributed by atoms with Gasteiger partial charge in [0.15, 0.2) is 0 Å². The van der Waals surface area contributed by atoms with Gasteiger partial charge in [0, 0.05) is 0 Å². The summed E-state index contributed by atoms with van der Waals surface area (Å²) in [6.45, 7) is 0. The number of nitrogens with zero attached hydrogens (tertiary/aromatic N) is 1. The Morgan fingerprint density at radius 2 is 1.88 bits per heavy atom. The molecule has 0 aliphatic heterocycles. The zero-order valence-electron chi connectivity index (χ0n) is 8.27. The van der Waals surface area contributed by atoms with Gasteiger partial charge in [-0.3, -0.25) is 4.79 Å². The van der Waals surface area contributed by atoms with E-state index in [2.05, 4.69) is 0 Å². The van der Waals surface area contributed by atoms with Crippen LogP contribution in [0, 0.1) is 11.3 Å². The summed E-state index contributed by atoms with van der Waals surface area (Å²) in [4.78, 5) is 10.9. The Morgan fingerprint density at radius 3 is 2.25 bits per heavy atom. The van der Waals surface area contributed by atoms with E-state index in [-0.39, 0.29) is 12.8 Å². The van der Waals surface area contributed by atoms with Gasteiger partial charge in [-0.2, -0.15) is 14.0 Å². The van der Waals surface area contributed by atoms with Crippen molar-refractivity contribution in [1.82, 2.24) is 5.32 Å². The fourth-order valence-electron chi connectivity index (χ4n) is 1.64. The molecule has 7 heteroatoms. The fourth-order valence-corrected chi connectivity index (χ4v) is 1.64.